The van der Waals surface area contributed by atoms with E-state index in [1.807, 2.05) is 6.92 Å². The van der Waals surface area contributed by atoms with Crippen LogP contribution in [0.3, 0.4) is 0 Å². The molecule has 0 saturated carbocycles. The lowest BCUT2D eigenvalue weighted by atomic mass is 10.4. The molecular weight excluding hydrogens is 258 g/mol. The summed E-state index contributed by atoms with van der Waals surface area (Å²) in [6, 6.07) is 3.30. The van der Waals surface area contributed by atoms with Crippen molar-refractivity contribution in [2.24, 2.45) is 0 Å². The monoisotopic (exact) mass is 275 g/mol. The van der Waals surface area contributed by atoms with Gasteiger partial charge in [-0.15, -0.1) is 0 Å². The highest BCUT2D eigenvalue weighted by molar-refractivity contribution is 6.02. The number of amides is 1. The van der Waals surface area contributed by atoms with Gasteiger partial charge in [-0.3, -0.25) is 10.1 Å². The van der Waals surface area contributed by atoms with Crippen LogP contribution < -0.4 is 15.8 Å². The molecule has 3 N–H and O–H groups in total. The molecule has 0 spiro atoms. The van der Waals surface area contributed by atoms with Crippen molar-refractivity contribution in [3.05, 3.63) is 29.7 Å². The Morgan fingerprint density at radius 2 is 2.20 bits per heavy atom. The third kappa shape index (κ3) is 2.87. The lowest BCUT2D eigenvalue weighted by molar-refractivity contribution is 0.101. The largest absolute Gasteiger partial charge is 0.481 e. The van der Waals surface area contributed by atoms with E-state index >= 15 is 0 Å². The number of nitrogens with zero attached hydrogens (tertiary/aromatic N) is 3. The SMILES string of the molecule is CCn1cc(N)cc1C(=O)Nc1nc(C)cc(OC)n1. The quantitative estimate of drug-likeness (QED) is 0.880. The summed E-state index contributed by atoms with van der Waals surface area (Å²) in [5, 5.41) is 2.64. The fraction of sp³-hybridized carbons (Fsp3) is 0.308. The number of nitrogens with one attached hydrogen (secondary N) is 1. The summed E-state index contributed by atoms with van der Waals surface area (Å²) in [4.78, 5) is 20.4. The molecule has 0 saturated heterocycles. The van der Waals surface area contributed by atoms with Gasteiger partial charge in [-0.2, -0.15) is 4.98 Å². The lowest BCUT2D eigenvalue weighted by Gasteiger charge is -2.08. The summed E-state index contributed by atoms with van der Waals surface area (Å²) in [5.74, 6) is 0.295. The highest BCUT2D eigenvalue weighted by Crippen LogP contribution is 2.14. The fourth-order valence-electron chi connectivity index (χ4n) is 1.85. The topological polar surface area (TPSA) is 95.1 Å². The van der Waals surface area contributed by atoms with Gasteiger partial charge in [0.25, 0.3) is 5.91 Å². The van der Waals surface area contributed by atoms with Gasteiger partial charge in [-0.05, 0) is 19.9 Å². The molecule has 0 aromatic carbocycles. The molecule has 106 valence electrons. The smallest absolute Gasteiger partial charge is 0.274 e. The Morgan fingerprint density at radius 3 is 2.85 bits per heavy atom. The minimum Gasteiger partial charge on any atom is -0.481 e. The molecule has 0 radical (unpaired) electrons. The lowest BCUT2D eigenvalue weighted by Crippen LogP contribution is -2.18. The molecule has 2 heterocycles. The van der Waals surface area contributed by atoms with E-state index in [1.54, 1.807) is 29.8 Å². The first kappa shape index (κ1) is 13.9. The molecule has 0 aliphatic rings. The van der Waals surface area contributed by atoms with Crippen LogP contribution in [-0.4, -0.2) is 27.6 Å². The van der Waals surface area contributed by atoms with Crippen molar-refractivity contribution >= 4 is 17.5 Å². The maximum absolute atomic E-state index is 12.2. The Morgan fingerprint density at radius 1 is 1.45 bits per heavy atom. The Bertz CT molecular complexity index is 636. The maximum Gasteiger partial charge on any atom is 0.274 e. The van der Waals surface area contributed by atoms with Gasteiger partial charge in [0.05, 0.1) is 12.8 Å². The minimum absolute atomic E-state index is 0.203. The Balaban J connectivity index is 2.25. The molecule has 0 bridgehead atoms. The van der Waals surface area contributed by atoms with Crippen LogP contribution in [-0.2, 0) is 6.54 Å². The molecule has 2 rings (SSSR count). The number of methoxy groups -OCH3 is 1. The number of ether oxygens (including phenoxy) is 1. The first-order valence-corrected chi connectivity index (χ1v) is 6.20. The number of rotatable bonds is 4. The third-order valence-electron chi connectivity index (χ3n) is 2.76. The highest BCUT2D eigenvalue weighted by atomic mass is 16.5. The molecule has 7 heteroatoms. The molecule has 2 aromatic rings. The second-order valence-electron chi connectivity index (χ2n) is 4.27. The molecular formula is C13H17N5O2. The number of nitrogens with two attached hydrogens (primary N) is 1. The Hall–Kier alpha value is -2.57. The number of anilines is 2. The molecule has 1 amide bonds. The molecule has 0 atom stereocenters. The van der Waals surface area contributed by atoms with Gasteiger partial charge in [0.1, 0.15) is 5.69 Å². The van der Waals surface area contributed by atoms with E-state index in [4.69, 9.17) is 10.5 Å². The van der Waals surface area contributed by atoms with Crippen LogP contribution in [0.2, 0.25) is 0 Å². The van der Waals surface area contributed by atoms with Gasteiger partial charge in [-0.25, -0.2) is 4.98 Å². The highest BCUT2D eigenvalue weighted by Gasteiger charge is 2.14. The van der Waals surface area contributed by atoms with E-state index in [2.05, 4.69) is 15.3 Å². The van der Waals surface area contributed by atoms with Gasteiger partial charge in [0, 0.05) is 24.5 Å². The van der Waals surface area contributed by atoms with Gasteiger partial charge in [0.15, 0.2) is 0 Å². The number of carbonyl (C=O) groups is 1. The van der Waals surface area contributed by atoms with Gasteiger partial charge in [0.2, 0.25) is 11.8 Å². The van der Waals surface area contributed by atoms with E-state index in [9.17, 15) is 4.79 Å². The van der Waals surface area contributed by atoms with Crippen LogP contribution in [0.4, 0.5) is 11.6 Å². The number of carbonyl (C=O) groups excluding carboxylic acids is 1. The van der Waals surface area contributed by atoms with E-state index in [0.717, 1.165) is 0 Å². The summed E-state index contributed by atoms with van der Waals surface area (Å²) in [5.41, 5.74) is 7.42. The summed E-state index contributed by atoms with van der Waals surface area (Å²) in [6.07, 6.45) is 1.71. The van der Waals surface area contributed by atoms with Crippen LogP contribution in [0.15, 0.2) is 18.3 Å². The average molecular weight is 275 g/mol. The van der Waals surface area contributed by atoms with Crippen molar-refractivity contribution in [3.63, 3.8) is 0 Å². The normalized spacial score (nSPS) is 10.3. The zero-order valence-corrected chi connectivity index (χ0v) is 11.7. The Labute approximate surface area is 116 Å². The zero-order chi connectivity index (χ0) is 14.7. The van der Waals surface area contributed by atoms with Crippen molar-refractivity contribution < 1.29 is 9.53 Å². The summed E-state index contributed by atoms with van der Waals surface area (Å²) in [6.45, 7) is 4.38. The molecule has 0 fully saturated rings. The first-order chi connectivity index (χ1) is 9.53. The molecule has 2 aromatic heterocycles. The number of aromatic nitrogens is 3. The van der Waals surface area contributed by atoms with E-state index in [-0.39, 0.29) is 11.9 Å². The third-order valence-corrected chi connectivity index (χ3v) is 2.76. The standard InChI is InChI=1S/C13H17N5O2/c1-4-18-7-9(14)6-10(18)12(19)17-13-15-8(2)5-11(16-13)20-3/h5-7H,4,14H2,1-3H3,(H,15,16,17,19). The number of hydrogen-bond donors (Lipinski definition) is 2. The number of hydrogen-bond acceptors (Lipinski definition) is 5. The van der Waals surface area contributed by atoms with E-state index < -0.39 is 0 Å². The first-order valence-electron chi connectivity index (χ1n) is 6.20. The average Bonchev–Trinajstić information content (AvgIpc) is 2.79. The van der Waals surface area contributed by atoms with Crippen LogP contribution in [0.5, 0.6) is 5.88 Å². The minimum atomic E-state index is -0.309. The van der Waals surface area contributed by atoms with Crippen molar-refractivity contribution in [1.82, 2.24) is 14.5 Å². The second-order valence-corrected chi connectivity index (χ2v) is 4.27. The van der Waals surface area contributed by atoms with Crippen LogP contribution in [0, 0.1) is 6.92 Å². The predicted molar refractivity (Wildman–Crippen MR) is 75.8 cm³/mol. The van der Waals surface area contributed by atoms with Gasteiger partial charge < -0.3 is 15.0 Å². The predicted octanol–water partition coefficient (Wildman–Crippen LogP) is 1.45. The Kier molecular flexibility index (Phi) is 3.88. The maximum atomic E-state index is 12.2. The number of nitrogen functional groups attached to an aromatic ring is 1. The van der Waals surface area contributed by atoms with Crippen molar-refractivity contribution in [2.75, 3.05) is 18.2 Å². The van der Waals surface area contributed by atoms with Crippen LogP contribution in [0.25, 0.3) is 0 Å². The second kappa shape index (κ2) is 5.60. The van der Waals surface area contributed by atoms with Crippen molar-refractivity contribution in [3.8, 4) is 5.88 Å². The van der Waals surface area contributed by atoms with Gasteiger partial charge in [-0.1, -0.05) is 0 Å². The zero-order valence-electron chi connectivity index (χ0n) is 11.7. The molecule has 0 aliphatic heterocycles. The van der Waals surface area contributed by atoms with E-state index in [1.165, 1.54) is 7.11 Å². The van der Waals surface area contributed by atoms with Crippen LogP contribution in [0.1, 0.15) is 23.1 Å². The van der Waals surface area contributed by atoms with Crippen LogP contribution >= 0.6 is 0 Å². The fourth-order valence-corrected chi connectivity index (χ4v) is 1.85. The van der Waals surface area contributed by atoms with Crippen molar-refractivity contribution in [2.45, 2.75) is 20.4 Å². The van der Waals surface area contributed by atoms with Crippen molar-refractivity contribution in [1.29, 1.82) is 0 Å². The molecule has 7 nitrogen and oxygen atoms in total. The molecule has 20 heavy (non-hydrogen) atoms. The molecule has 0 unspecified atom stereocenters. The number of aryl methyl sites for hydroxylation is 2. The summed E-state index contributed by atoms with van der Waals surface area (Å²) in [7, 11) is 1.51. The summed E-state index contributed by atoms with van der Waals surface area (Å²) >= 11 is 0. The van der Waals surface area contributed by atoms with E-state index in [0.29, 0.717) is 29.5 Å². The summed E-state index contributed by atoms with van der Waals surface area (Å²) < 4.78 is 6.81. The molecule has 0 aliphatic carbocycles. The van der Waals surface area contributed by atoms with Gasteiger partial charge >= 0.3 is 0 Å².